The van der Waals surface area contributed by atoms with Gasteiger partial charge in [0.2, 0.25) is 0 Å². The van der Waals surface area contributed by atoms with Gasteiger partial charge in [0.25, 0.3) is 0 Å². The van der Waals surface area contributed by atoms with Crippen molar-refractivity contribution in [3.8, 4) is 5.75 Å². The van der Waals surface area contributed by atoms with Crippen LogP contribution in [0.4, 0.5) is 13.2 Å². The molecule has 1 N–H and O–H groups in total. The summed E-state index contributed by atoms with van der Waals surface area (Å²) in [6.07, 6.45) is -2.12. The van der Waals surface area contributed by atoms with E-state index in [1.54, 1.807) is 0 Å². The molecule has 0 aliphatic carbocycles. The van der Waals surface area contributed by atoms with Crippen LogP contribution in [0.2, 0.25) is 5.02 Å². The Kier molecular flexibility index (Phi) is 9.09. The van der Waals surface area contributed by atoms with Crippen LogP contribution in [0.3, 0.4) is 0 Å². The lowest BCUT2D eigenvalue weighted by Gasteiger charge is -2.19. The van der Waals surface area contributed by atoms with Gasteiger partial charge in [-0.05, 0) is 44.6 Å². The Balaban J connectivity index is 0.00000400. The average Bonchev–Trinajstić information content (AvgIpc) is 2.37. The SMILES string of the molecule is CCC[C@@H](CCNC)Oc1ccc(Cl)c(C(F)(F)F)c1.Cl. The highest BCUT2D eigenvalue weighted by Gasteiger charge is 2.33. The van der Waals surface area contributed by atoms with Crippen LogP contribution in [0, 0.1) is 0 Å². The maximum Gasteiger partial charge on any atom is 0.417 e. The summed E-state index contributed by atoms with van der Waals surface area (Å²) < 4.78 is 43.9. The molecular formula is C14H20Cl2F3NO. The standard InChI is InChI=1S/C14H19ClF3NO.ClH/c1-3-4-10(7-8-19-2)20-11-5-6-13(15)12(9-11)14(16,17)18;/h5-6,9-10,19H,3-4,7-8H2,1-2H3;1H/t10-;/m0./s1. The van der Waals surface area contributed by atoms with Crippen molar-refractivity contribution in [2.24, 2.45) is 0 Å². The summed E-state index contributed by atoms with van der Waals surface area (Å²) in [5, 5.41) is 2.69. The minimum Gasteiger partial charge on any atom is -0.490 e. The maximum atomic E-state index is 12.8. The Hall–Kier alpha value is -0.650. The summed E-state index contributed by atoms with van der Waals surface area (Å²) in [7, 11) is 1.83. The van der Waals surface area contributed by atoms with E-state index >= 15 is 0 Å². The molecule has 0 aliphatic rings. The number of rotatable bonds is 7. The van der Waals surface area contributed by atoms with E-state index in [0.29, 0.717) is 0 Å². The van der Waals surface area contributed by atoms with Crippen LogP contribution in [0.15, 0.2) is 18.2 Å². The second-order valence-electron chi connectivity index (χ2n) is 4.56. The van der Waals surface area contributed by atoms with Crippen molar-refractivity contribution >= 4 is 24.0 Å². The Bertz CT molecular complexity index is 427. The third-order valence-electron chi connectivity index (χ3n) is 2.87. The summed E-state index contributed by atoms with van der Waals surface area (Å²) in [6.45, 7) is 2.77. The molecule has 0 saturated carbocycles. The fraction of sp³-hybridized carbons (Fsp3) is 0.571. The number of hydrogen-bond donors (Lipinski definition) is 1. The summed E-state index contributed by atoms with van der Waals surface area (Å²) in [5.74, 6) is 0.205. The maximum absolute atomic E-state index is 12.8. The van der Waals surface area contributed by atoms with Crippen molar-refractivity contribution in [3.05, 3.63) is 28.8 Å². The molecule has 0 amide bonds. The lowest BCUT2D eigenvalue weighted by molar-refractivity contribution is -0.137. The normalized spacial score (nSPS) is 12.7. The largest absolute Gasteiger partial charge is 0.490 e. The van der Waals surface area contributed by atoms with Gasteiger partial charge in [0.1, 0.15) is 5.75 Å². The molecule has 21 heavy (non-hydrogen) atoms. The average molecular weight is 346 g/mol. The smallest absolute Gasteiger partial charge is 0.417 e. The first kappa shape index (κ1) is 20.3. The highest BCUT2D eigenvalue weighted by Crippen LogP contribution is 2.37. The topological polar surface area (TPSA) is 21.3 Å². The van der Waals surface area contributed by atoms with Crippen molar-refractivity contribution in [1.82, 2.24) is 5.32 Å². The molecule has 0 radical (unpaired) electrons. The first-order chi connectivity index (χ1) is 9.38. The molecule has 2 nitrogen and oxygen atoms in total. The number of halogens is 5. The Labute approximate surface area is 134 Å². The molecule has 0 saturated heterocycles. The number of ether oxygens (including phenoxy) is 1. The lowest BCUT2D eigenvalue weighted by atomic mass is 10.1. The molecule has 0 bridgehead atoms. The van der Waals surface area contributed by atoms with E-state index in [9.17, 15) is 13.2 Å². The molecule has 0 spiro atoms. The summed E-state index contributed by atoms with van der Waals surface area (Å²) in [5.41, 5.74) is -0.861. The third kappa shape index (κ3) is 6.76. The van der Waals surface area contributed by atoms with Gasteiger partial charge in [0, 0.05) is 0 Å². The van der Waals surface area contributed by atoms with E-state index in [1.165, 1.54) is 12.1 Å². The Morgan fingerprint density at radius 2 is 1.95 bits per heavy atom. The molecule has 1 aromatic rings. The molecule has 1 aromatic carbocycles. The summed E-state index contributed by atoms with van der Waals surface area (Å²) in [6, 6.07) is 3.66. The molecule has 0 unspecified atom stereocenters. The van der Waals surface area contributed by atoms with E-state index in [0.717, 1.165) is 31.9 Å². The van der Waals surface area contributed by atoms with Crippen LogP contribution in [0.1, 0.15) is 31.7 Å². The van der Waals surface area contributed by atoms with Crippen molar-refractivity contribution in [1.29, 1.82) is 0 Å². The van der Waals surface area contributed by atoms with Gasteiger partial charge in [0.05, 0.1) is 16.7 Å². The van der Waals surface area contributed by atoms with Crippen LogP contribution < -0.4 is 10.1 Å². The second kappa shape index (κ2) is 9.38. The molecule has 0 aliphatic heterocycles. The second-order valence-corrected chi connectivity index (χ2v) is 4.97. The quantitative estimate of drug-likeness (QED) is 0.755. The molecule has 0 heterocycles. The Morgan fingerprint density at radius 3 is 2.48 bits per heavy atom. The summed E-state index contributed by atoms with van der Waals surface area (Å²) in [4.78, 5) is 0. The minimum atomic E-state index is -4.47. The minimum absolute atomic E-state index is 0. The zero-order chi connectivity index (χ0) is 15.2. The van der Waals surface area contributed by atoms with Gasteiger partial charge in [-0.25, -0.2) is 0 Å². The monoisotopic (exact) mass is 345 g/mol. The van der Waals surface area contributed by atoms with Crippen molar-refractivity contribution < 1.29 is 17.9 Å². The van der Waals surface area contributed by atoms with Gasteiger partial charge in [-0.1, -0.05) is 24.9 Å². The van der Waals surface area contributed by atoms with E-state index in [4.69, 9.17) is 16.3 Å². The van der Waals surface area contributed by atoms with Gasteiger partial charge < -0.3 is 10.1 Å². The lowest BCUT2D eigenvalue weighted by Crippen LogP contribution is -2.22. The molecule has 0 fully saturated rings. The zero-order valence-corrected chi connectivity index (χ0v) is 13.5. The molecule has 122 valence electrons. The van der Waals surface area contributed by atoms with Gasteiger partial charge >= 0.3 is 6.18 Å². The van der Waals surface area contributed by atoms with E-state index in [1.807, 2.05) is 14.0 Å². The van der Waals surface area contributed by atoms with Crippen LogP contribution in [0.5, 0.6) is 5.75 Å². The molecule has 1 rings (SSSR count). The number of hydrogen-bond acceptors (Lipinski definition) is 2. The van der Waals surface area contributed by atoms with Gasteiger partial charge in [0.15, 0.2) is 0 Å². The fourth-order valence-corrected chi connectivity index (χ4v) is 2.10. The zero-order valence-electron chi connectivity index (χ0n) is 12.0. The fourth-order valence-electron chi connectivity index (χ4n) is 1.88. The van der Waals surface area contributed by atoms with Gasteiger partial charge in [-0.2, -0.15) is 13.2 Å². The predicted octanol–water partition coefficient (Wildman–Crippen LogP) is 4.94. The van der Waals surface area contributed by atoms with Gasteiger partial charge in [-0.3, -0.25) is 0 Å². The number of nitrogens with one attached hydrogen (secondary N) is 1. The van der Waals surface area contributed by atoms with Crippen LogP contribution in [0.25, 0.3) is 0 Å². The van der Waals surface area contributed by atoms with Crippen LogP contribution >= 0.6 is 24.0 Å². The van der Waals surface area contributed by atoms with Gasteiger partial charge in [-0.15, -0.1) is 12.4 Å². The van der Waals surface area contributed by atoms with Crippen molar-refractivity contribution in [2.75, 3.05) is 13.6 Å². The molecular weight excluding hydrogens is 326 g/mol. The highest BCUT2D eigenvalue weighted by molar-refractivity contribution is 6.31. The van der Waals surface area contributed by atoms with Crippen LogP contribution in [-0.2, 0) is 6.18 Å². The van der Waals surface area contributed by atoms with E-state index in [2.05, 4.69) is 5.32 Å². The van der Waals surface area contributed by atoms with E-state index < -0.39 is 11.7 Å². The number of alkyl halides is 3. The van der Waals surface area contributed by atoms with Crippen LogP contribution in [-0.4, -0.2) is 19.7 Å². The predicted molar refractivity (Wildman–Crippen MR) is 81.6 cm³/mol. The molecule has 7 heteroatoms. The van der Waals surface area contributed by atoms with Crippen molar-refractivity contribution in [2.45, 2.75) is 38.5 Å². The molecule has 1 atom stereocenters. The molecule has 0 aromatic heterocycles. The summed E-state index contributed by atoms with van der Waals surface area (Å²) >= 11 is 5.58. The third-order valence-corrected chi connectivity index (χ3v) is 3.20. The Morgan fingerprint density at radius 1 is 1.29 bits per heavy atom. The van der Waals surface area contributed by atoms with Crippen molar-refractivity contribution in [3.63, 3.8) is 0 Å². The highest BCUT2D eigenvalue weighted by atomic mass is 35.5. The van der Waals surface area contributed by atoms with E-state index in [-0.39, 0.29) is 29.3 Å². The first-order valence-electron chi connectivity index (χ1n) is 6.56. The first-order valence-corrected chi connectivity index (χ1v) is 6.94. The number of benzene rings is 1.